The Hall–Kier alpha value is -2.09. The minimum Gasteiger partial charge on any atom is -0.493 e. The van der Waals surface area contributed by atoms with Crippen LogP contribution in [0.1, 0.15) is 50.6 Å². The van der Waals surface area contributed by atoms with Gasteiger partial charge in [-0.2, -0.15) is 0 Å². The van der Waals surface area contributed by atoms with Crippen LogP contribution in [0, 0.1) is 0 Å². The molecule has 0 bridgehead atoms. The van der Waals surface area contributed by atoms with Crippen LogP contribution in [0.4, 0.5) is 0 Å². The third-order valence-electron chi connectivity index (χ3n) is 4.82. The molecule has 0 aliphatic carbocycles. The van der Waals surface area contributed by atoms with Gasteiger partial charge in [0.15, 0.2) is 17.3 Å². The lowest BCUT2D eigenvalue weighted by molar-refractivity contribution is 0.0705. The maximum atomic E-state index is 10.2. The number of aliphatic hydroxyl groups is 1. The molecule has 2 aromatic rings. The smallest absolute Gasteiger partial charge is 0.161 e. The number of hydrogen-bond donors (Lipinski definition) is 2. The molecule has 2 rings (SSSR count). The quantitative estimate of drug-likeness (QED) is 0.530. The Labute approximate surface area is 174 Å². The lowest BCUT2D eigenvalue weighted by Gasteiger charge is -2.22. The first-order valence-electron chi connectivity index (χ1n) is 10.3. The van der Waals surface area contributed by atoms with Gasteiger partial charge in [-0.1, -0.05) is 38.9 Å². The monoisotopic (exact) mass is 405 g/mol. The minimum atomic E-state index is -0.543. The van der Waals surface area contributed by atoms with Gasteiger partial charge in [-0.25, -0.2) is 0 Å². The third kappa shape index (κ3) is 7.34. The SMILES string of the molecule is CCN(CC)CC(O)COc1ccc(CNCc2cc(C(C)C)no2)cc1OC. The fraction of sp³-hybridized carbons (Fsp3) is 0.591. The summed E-state index contributed by atoms with van der Waals surface area (Å²) in [6, 6.07) is 7.80. The zero-order valence-corrected chi connectivity index (χ0v) is 18.3. The number of rotatable bonds is 13. The van der Waals surface area contributed by atoms with E-state index in [0.29, 0.717) is 37.1 Å². The molecule has 29 heavy (non-hydrogen) atoms. The maximum absolute atomic E-state index is 10.2. The normalized spacial score (nSPS) is 12.6. The molecule has 0 fully saturated rings. The number of likely N-dealkylation sites (N-methyl/N-ethyl adjacent to an activating group) is 1. The number of hydrogen-bond acceptors (Lipinski definition) is 7. The maximum Gasteiger partial charge on any atom is 0.161 e. The van der Waals surface area contributed by atoms with Gasteiger partial charge in [0.25, 0.3) is 0 Å². The number of aliphatic hydroxyl groups excluding tert-OH is 1. The Kier molecular flexibility index (Phi) is 9.44. The molecule has 1 heterocycles. The molecule has 1 aromatic carbocycles. The van der Waals surface area contributed by atoms with Gasteiger partial charge in [0.2, 0.25) is 0 Å². The third-order valence-corrected chi connectivity index (χ3v) is 4.82. The Morgan fingerprint density at radius 2 is 1.90 bits per heavy atom. The van der Waals surface area contributed by atoms with Gasteiger partial charge in [0.05, 0.1) is 19.3 Å². The van der Waals surface area contributed by atoms with E-state index in [2.05, 4.69) is 43.1 Å². The van der Waals surface area contributed by atoms with E-state index in [1.165, 1.54) is 0 Å². The van der Waals surface area contributed by atoms with Crippen LogP contribution in [0.15, 0.2) is 28.8 Å². The van der Waals surface area contributed by atoms with Crippen LogP contribution >= 0.6 is 0 Å². The summed E-state index contributed by atoms with van der Waals surface area (Å²) in [5, 5.41) is 17.6. The van der Waals surface area contributed by atoms with Gasteiger partial charge in [-0.15, -0.1) is 0 Å². The molecular formula is C22H35N3O4. The van der Waals surface area contributed by atoms with E-state index in [4.69, 9.17) is 14.0 Å². The van der Waals surface area contributed by atoms with E-state index in [9.17, 15) is 5.11 Å². The number of ether oxygens (including phenoxy) is 2. The van der Waals surface area contributed by atoms with Gasteiger partial charge in [0.1, 0.15) is 12.7 Å². The largest absolute Gasteiger partial charge is 0.493 e. The Morgan fingerprint density at radius 3 is 2.52 bits per heavy atom. The van der Waals surface area contributed by atoms with Crippen molar-refractivity contribution >= 4 is 0 Å². The van der Waals surface area contributed by atoms with E-state index in [-0.39, 0.29) is 6.61 Å². The second kappa shape index (κ2) is 11.8. The predicted octanol–water partition coefficient (Wildman–Crippen LogP) is 3.18. The summed E-state index contributed by atoms with van der Waals surface area (Å²) in [5.74, 6) is 2.46. The zero-order valence-electron chi connectivity index (χ0n) is 18.3. The second-order valence-corrected chi connectivity index (χ2v) is 7.41. The van der Waals surface area contributed by atoms with Crippen LogP contribution in [0.25, 0.3) is 0 Å². The summed E-state index contributed by atoms with van der Waals surface area (Å²) in [6.07, 6.45) is -0.543. The van der Waals surface area contributed by atoms with Gasteiger partial charge in [-0.05, 0) is 36.7 Å². The molecule has 0 saturated carbocycles. The lowest BCUT2D eigenvalue weighted by Crippen LogP contribution is -2.35. The van der Waals surface area contributed by atoms with Crippen molar-refractivity contribution in [2.24, 2.45) is 0 Å². The highest BCUT2D eigenvalue weighted by Crippen LogP contribution is 2.28. The number of nitrogens with one attached hydrogen (secondary N) is 1. The number of nitrogens with zero attached hydrogens (tertiary/aromatic N) is 2. The molecule has 0 amide bonds. The van der Waals surface area contributed by atoms with Crippen molar-refractivity contribution in [3.63, 3.8) is 0 Å². The molecule has 1 aromatic heterocycles. The van der Waals surface area contributed by atoms with Crippen molar-refractivity contribution in [2.75, 3.05) is 33.4 Å². The average molecular weight is 406 g/mol. The van der Waals surface area contributed by atoms with Crippen molar-refractivity contribution in [1.29, 1.82) is 0 Å². The van der Waals surface area contributed by atoms with Gasteiger partial charge in [-0.3, -0.25) is 0 Å². The number of methoxy groups -OCH3 is 1. The van der Waals surface area contributed by atoms with Crippen molar-refractivity contribution in [2.45, 2.75) is 52.8 Å². The molecule has 1 unspecified atom stereocenters. The molecule has 7 heteroatoms. The highest BCUT2D eigenvalue weighted by atomic mass is 16.5. The average Bonchev–Trinajstić information content (AvgIpc) is 3.20. The topological polar surface area (TPSA) is 80.0 Å². The Morgan fingerprint density at radius 1 is 1.14 bits per heavy atom. The first kappa shape index (κ1) is 23.2. The second-order valence-electron chi connectivity index (χ2n) is 7.41. The van der Waals surface area contributed by atoms with Crippen molar-refractivity contribution in [3.05, 3.63) is 41.3 Å². The molecular weight excluding hydrogens is 370 g/mol. The first-order valence-corrected chi connectivity index (χ1v) is 10.3. The van der Waals surface area contributed by atoms with Gasteiger partial charge >= 0.3 is 0 Å². The zero-order chi connectivity index (χ0) is 21.2. The van der Waals surface area contributed by atoms with Crippen LogP contribution in [0.2, 0.25) is 0 Å². The summed E-state index contributed by atoms with van der Waals surface area (Å²) in [7, 11) is 1.62. The van der Waals surface area contributed by atoms with E-state index in [1.54, 1.807) is 7.11 Å². The highest BCUT2D eigenvalue weighted by molar-refractivity contribution is 5.43. The first-order chi connectivity index (χ1) is 14.0. The number of benzene rings is 1. The Balaban J connectivity index is 1.85. The molecule has 2 N–H and O–H groups in total. The van der Waals surface area contributed by atoms with Crippen LogP contribution in [-0.2, 0) is 13.1 Å². The van der Waals surface area contributed by atoms with Crippen molar-refractivity contribution in [3.8, 4) is 11.5 Å². The van der Waals surface area contributed by atoms with Crippen LogP contribution in [-0.4, -0.2) is 54.6 Å². The van der Waals surface area contributed by atoms with E-state index < -0.39 is 6.10 Å². The molecule has 0 spiro atoms. The summed E-state index contributed by atoms with van der Waals surface area (Å²) in [5.41, 5.74) is 2.04. The number of aromatic nitrogens is 1. The van der Waals surface area contributed by atoms with E-state index in [0.717, 1.165) is 30.1 Å². The molecule has 162 valence electrons. The molecule has 0 aliphatic rings. The standard InChI is InChI=1S/C22H35N3O4/c1-6-25(7-2)14-18(26)15-28-21-9-8-17(10-22(21)27-5)12-23-13-19-11-20(16(3)4)24-29-19/h8-11,16,18,23,26H,6-7,12-15H2,1-5H3. The fourth-order valence-corrected chi connectivity index (χ4v) is 2.97. The lowest BCUT2D eigenvalue weighted by atomic mass is 10.1. The fourth-order valence-electron chi connectivity index (χ4n) is 2.97. The Bertz CT molecular complexity index is 729. The van der Waals surface area contributed by atoms with Crippen LogP contribution in [0.3, 0.4) is 0 Å². The summed E-state index contributed by atoms with van der Waals surface area (Å²) in [4.78, 5) is 2.17. The highest BCUT2D eigenvalue weighted by Gasteiger charge is 2.13. The molecule has 7 nitrogen and oxygen atoms in total. The van der Waals surface area contributed by atoms with Gasteiger partial charge in [0, 0.05) is 19.2 Å². The van der Waals surface area contributed by atoms with E-state index >= 15 is 0 Å². The van der Waals surface area contributed by atoms with Crippen molar-refractivity contribution < 1.29 is 19.1 Å². The minimum absolute atomic E-state index is 0.230. The van der Waals surface area contributed by atoms with Crippen molar-refractivity contribution in [1.82, 2.24) is 15.4 Å². The van der Waals surface area contributed by atoms with Crippen LogP contribution < -0.4 is 14.8 Å². The summed E-state index contributed by atoms with van der Waals surface area (Å²) < 4.78 is 16.6. The van der Waals surface area contributed by atoms with Gasteiger partial charge < -0.3 is 29.3 Å². The predicted molar refractivity (Wildman–Crippen MR) is 113 cm³/mol. The molecule has 0 saturated heterocycles. The molecule has 0 aliphatic heterocycles. The molecule has 1 atom stereocenters. The summed E-state index contributed by atoms with van der Waals surface area (Å²) in [6.45, 7) is 12.3. The van der Waals surface area contributed by atoms with Crippen LogP contribution in [0.5, 0.6) is 11.5 Å². The summed E-state index contributed by atoms with van der Waals surface area (Å²) >= 11 is 0. The molecule has 0 radical (unpaired) electrons. The van der Waals surface area contributed by atoms with E-state index in [1.807, 2.05) is 24.3 Å².